The maximum absolute atomic E-state index is 12.0. The lowest BCUT2D eigenvalue weighted by Gasteiger charge is -2.21. The van der Waals surface area contributed by atoms with Crippen LogP contribution in [-0.4, -0.2) is 36.0 Å². The average molecular weight is 309 g/mol. The summed E-state index contributed by atoms with van der Waals surface area (Å²) in [6, 6.07) is -0.403. The van der Waals surface area contributed by atoms with Crippen molar-refractivity contribution < 1.29 is 14.3 Å². The van der Waals surface area contributed by atoms with Gasteiger partial charge in [0.1, 0.15) is 6.04 Å². The van der Waals surface area contributed by atoms with Crippen molar-refractivity contribution in [2.45, 2.75) is 77.2 Å². The Morgan fingerprint density at radius 3 is 2.41 bits per heavy atom. The highest BCUT2D eigenvalue weighted by molar-refractivity contribution is 5.91. The predicted molar refractivity (Wildman–Crippen MR) is 88.5 cm³/mol. The zero-order valence-corrected chi connectivity index (χ0v) is 14.0. The third-order valence-corrected chi connectivity index (χ3v) is 4.22. The molecule has 0 radical (unpaired) electrons. The molecule has 4 nitrogen and oxygen atoms in total. The van der Waals surface area contributed by atoms with E-state index in [-0.39, 0.29) is 11.9 Å². The van der Waals surface area contributed by atoms with Gasteiger partial charge >= 0.3 is 5.97 Å². The molecule has 0 saturated carbocycles. The van der Waals surface area contributed by atoms with Crippen LogP contribution in [0.2, 0.25) is 0 Å². The van der Waals surface area contributed by atoms with E-state index in [1.807, 2.05) is 0 Å². The normalized spacial score (nSPS) is 17.5. The number of esters is 1. The number of nitrogens with zero attached hydrogens (tertiary/aromatic N) is 1. The van der Waals surface area contributed by atoms with Crippen LogP contribution >= 0.6 is 0 Å². The average Bonchev–Trinajstić information content (AvgIpc) is 3.02. The number of carbonyl (C=O) groups excluding carboxylic acids is 2. The predicted octanol–water partition coefficient (Wildman–Crippen LogP) is 3.85. The summed E-state index contributed by atoms with van der Waals surface area (Å²) in [5, 5.41) is 0. The molecule has 1 saturated heterocycles. The molecule has 1 aliphatic rings. The standard InChI is InChI=1S/C18H31NO3/c1-3-5-6-7-8-9-10-11-15-22-18(21)16-13-12-14-19(16)17(20)4-2/h4,16H,2-3,5-15H2,1H3. The van der Waals surface area contributed by atoms with Crippen LogP contribution in [-0.2, 0) is 14.3 Å². The van der Waals surface area contributed by atoms with E-state index >= 15 is 0 Å². The highest BCUT2D eigenvalue weighted by Crippen LogP contribution is 2.19. The third kappa shape index (κ3) is 6.63. The molecule has 0 aromatic rings. The summed E-state index contributed by atoms with van der Waals surface area (Å²) in [7, 11) is 0. The van der Waals surface area contributed by atoms with Gasteiger partial charge in [0.25, 0.3) is 0 Å². The summed E-state index contributed by atoms with van der Waals surface area (Å²) in [5.74, 6) is -0.429. The lowest BCUT2D eigenvalue weighted by molar-refractivity contribution is -0.152. The van der Waals surface area contributed by atoms with E-state index in [2.05, 4.69) is 13.5 Å². The van der Waals surface area contributed by atoms with Gasteiger partial charge in [-0.2, -0.15) is 0 Å². The van der Waals surface area contributed by atoms with E-state index in [1.165, 1.54) is 44.6 Å². The van der Waals surface area contributed by atoms with Crippen LogP contribution in [0.4, 0.5) is 0 Å². The molecule has 0 aliphatic carbocycles. The van der Waals surface area contributed by atoms with Crippen molar-refractivity contribution in [2.75, 3.05) is 13.2 Å². The Kier molecular flexibility index (Phi) is 9.60. The number of carbonyl (C=O) groups is 2. The van der Waals surface area contributed by atoms with Crippen LogP contribution < -0.4 is 0 Å². The lowest BCUT2D eigenvalue weighted by atomic mass is 10.1. The minimum absolute atomic E-state index is 0.175. The van der Waals surface area contributed by atoms with E-state index < -0.39 is 6.04 Å². The summed E-state index contributed by atoms with van der Waals surface area (Å²) < 4.78 is 5.33. The van der Waals surface area contributed by atoms with Gasteiger partial charge in [-0.25, -0.2) is 4.79 Å². The Hall–Kier alpha value is -1.32. The zero-order valence-electron chi connectivity index (χ0n) is 14.0. The minimum Gasteiger partial charge on any atom is -0.464 e. The summed E-state index contributed by atoms with van der Waals surface area (Å²) in [6.45, 7) is 6.80. The van der Waals surface area contributed by atoms with Crippen LogP contribution in [0.15, 0.2) is 12.7 Å². The summed E-state index contributed by atoms with van der Waals surface area (Å²) in [6.07, 6.45) is 12.6. The lowest BCUT2D eigenvalue weighted by Crippen LogP contribution is -2.40. The molecule has 1 heterocycles. The first-order valence-electron chi connectivity index (χ1n) is 8.80. The molecule has 0 spiro atoms. The van der Waals surface area contributed by atoms with Crippen molar-refractivity contribution in [1.29, 1.82) is 0 Å². The SMILES string of the molecule is C=CC(=O)N1CCCC1C(=O)OCCCCCCCCCC. The molecule has 1 fully saturated rings. The molecule has 126 valence electrons. The second-order valence-electron chi connectivity index (χ2n) is 6.04. The van der Waals surface area contributed by atoms with Gasteiger partial charge in [0.05, 0.1) is 6.61 Å². The number of hydrogen-bond donors (Lipinski definition) is 0. The number of unbranched alkanes of at least 4 members (excludes halogenated alkanes) is 7. The number of hydrogen-bond acceptors (Lipinski definition) is 3. The topological polar surface area (TPSA) is 46.6 Å². The third-order valence-electron chi connectivity index (χ3n) is 4.22. The molecule has 4 heteroatoms. The molecule has 1 unspecified atom stereocenters. The van der Waals surface area contributed by atoms with E-state index in [1.54, 1.807) is 4.90 Å². The molecule has 1 rings (SSSR count). The smallest absolute Gasteiger partial charge is 0.328 e. The van der Waals surface area contributed by atoms with E-state index in [0.29, 0.717) is 19.6 Å². The van der Waals surface area contributed by atoms with E-state index in [9.17, 15) is 9.59 Å². The van der Waals surface area contributed by atoms with Crippen molar-refractivity contribution in [3.63, 3.8) is 0 Å². The Bertz CT molecular complexity index is 354. The number of likely N-dealkylation sites (tertiary alicyclic amines) is 1. The molecule has 0 N–H and O–H groups in total. The van der Waals surface area contributed by atoms with Crippen molar-refractivity contribution in [3.8, 4) is 0 Å². The number of rotatable bonds is 11. The van der Waals surface area contributed by atoms with Gasteiger partial charge in [-0.15, -0.1) is 0 Å². The van der Waals surface area contributed by atoms with Crippen LogP contribution in [0, 0.1) is 0 Å². The number of amides is 1. The Labute approximate surface area is 134 Å². The first-order valence-corrected chi connectivity index (χ1v) is 8.80. The van der Waals surface area contributed by atoms with Gasteiger partial charge in [0.2, 0.25) is 5.91 Å². The van der Waals surface area contributed by atoms with Crippen LogP contribution in [0.25, 0.3) is 0 Å². The van der Waals surface area contributed by atoms with Gasteiger partial charge < -0.3 is 9.64 Å². The molecule has 1 amide bonds. The van der Waals surface area contributed by atoms with Gasteiger partial charge in [-0.3, -0.25) is 4.79 Å². The molecule has 1 atom stereocenters. The molecule has 0 bridgehead atoms. The zero-order chi connectivity index (χ0) is 16.2. The first kappa shape index (κ1) is 18.7. The minimum atomic E-state index is -0.403. The van der Waals surface area contributed by atoms with Gasteiger partial charge in [-0.1, -0.05) is 58.4 Å². The van der Waals surface area contributed by atoms with Gasteiger partial charge in [0, 0.05) is 6.54 Å². The monoisotopic (exact) mass is 309 g/mol. The molecule has 22 heavy (non-hydrogen) atoms. The van der Waals surface area contributed by atoms with Gasteiger partial charge in [0.15, 0.2) is 0 Å². The van der Waals surface area contributed by atoms with Crippen molar-refractivity contribution in [1.82, 2.24) is 4.90 Å². The maximum Gasteiger partial charge on any atom is 0.328 e. The van der Waals surface area contributed by atoms with Crippen LogP contribution in [0.5, 0.6) is 0 Å². The van der Waals surface area contributed by atoms with Gasteiger partial charge in [-0.05, 0) is 25.3 Å². The second kappa shape index (κ2) is 11.3. The molecule has 0 aromatic carbocycles. The van der Waals surface area contributed by atoms with Crippen LogP contribution in [0.3, 0.4) is 0 Å². The fraction of sp³-hybridized carbons (Fsp3) is 0.778. The summed E-state index contributed by atoms with van der Waals surface area (Å²) >= 11 is 0. The van der Waals surface area contributed by atoms with Crippen molar-refractivity contribution in [3.05, 3.63) is 12.7 Å². The van der Waals surface area contributed by atoms with E-state index in [4.69, 9.17) is 4.74 Å². The highest BCUT2D eigenvalue weighted by Gasteiger charge is 2.33. The Morgan fingerprint density at radius 1 is 1.14 bits per heavy atom. The number of ether oxygens (including phenoxy) is 1. The second-order valence-corrected chi connectivity index (χ2v) is 6.04. The van der Waals surface area contributed by atoms with Crippen molar-refractivity contribution in [2.24, 2.45) is 0 Å². The molecule has 0 aromatic heterocycles. The molecular formula is C18H31NO3. The van der Waals surface area contributed by atoms with Crippen LogP contribution in [0.1, 0.15) is 71.1 Å². The Balaban J connectivity index is 2.08. The van der Waals surface area contributed by atoms with E-state index in [0.717, 1.165) is 19.3 Å². The fourth-order valence-corrected chi connectivity index (χ4v) is 2.90. The summed E-state index contributed by atoms with van der Waals surface area (Å²) in [5.41, 5.74) is 0. The first-order chi connectivity index (χ1) is 10.7. The quantitative estimate of drug-likeness (QED) is 0.331. The molecular weight excluding hydrogens is 278 g/mol. The maximum atomic E-state index is 12.0. The Morgan fingerprint density at radius 2 is 1.77 bits per heavy atom. The fourth-order valence-electron chi connectivity index (χ4n) is 2.90. The summed E-state index contributed by atoms with van der Waals surface area (Å²) in [4.78, 5) is 25.3. The largest absolute Gasteiger partial charge is 0.464 e. The highest BCUT2D eigenvalue weighted by atomic mass is 16.5. The molecule has 1 aliphatic heterocycles. The van der Waals surface area contributed by atoms with Crippen molar-refractivity contribution >= 4 is 11.9 Å².